The molecule has 1 aliphatic heterocycles. The van der Waals surface area contributed by atoms with E-state index in [1.54, 1.807) is 0 Å². The molecule has 5 atom stereocenters. The summed E-state index contributed by atoms with van der Waals surface area (Å²) < 4.78 is 52.1. The molecule has 0 aliphatic carbocycles. The number of ether oxygens (including phenoxy) is 4. The SMILES string of the molecule is O[C@@]1(CF)O[C@H](CF)[C@@H](OCc2ccccc2)[C@H](OCc2ccccc2)[C@@H]1OCc1ccccc1. The van der Waals surface area contributed by atoms with Crippen LogP contribution in [0.15, 0.2) is 91.0 Å². The second kappa shape index (κ2) is 12.3. The minimum atomic E-state index is -2.39. The molecule has 7 heteroatoms. The molecular formula is C28H30F2O5. The van der Waals surface area contributed by atoms with Gasteiger partial charge in [-0.05, 0) is 16.7 Å². The number of aliphatic hydroxyl groups is 1. The third-order valence-corrected chi connectivity index (χ3v) is 5.98. The number of hydrogen-bond donors (Lipinski definition) is 1. The van der Waals surface area contributed by atoms with Crippen LogP contribution in [0.3, 0.4) is 0 Å². The van der Waals surface area contributed by atoms with E-state index in [9.17, 15) is 13.9 Å². The summed E-state index contributed by atoms with van der Waals surface area (Å²) in [4.78, 5) is 0. The van der Waals surface area contributed by atoms with E-state index in [-0.39, 0.29) is 19.8 Å². The van der Waals surface area contributed by atoms with E-state index in [2.05, 4.69) is 0 Å². The monoisotopic (exact) mass is 484 g/mol. The lowest BCUT2D eigenvalue weighted by Crippen LogP contribution is -2.67. The molecular weight excluding hydrogens is 454 g/mol. The maximum atomic E-state index is 14.2. The van der Waals surface area contributed by atoms with Crippen molar-refractivity contribution in [3.8, 4) is 0 Å². The first-order valence-corrected chi connectivity index (χ1v) is 11.6. The maximum Gasteiger partial charge on any atom is 0.224 e. The number of hydrogen-bond acceptors (Lipinski definition) is 5. The number of alkyl halides is 2. The summed E-state index contributed by atoms with van der Waals surface area (Å²) in [5.74, 6) is -2.39. The Bertz CT molecular complexity index is 1010. The highest BCUT2D eigenvalue weighted by Crippen LogP contribution is 2.36. The van der Waals surface area contributed by atoms with Crippen LogP contribution in [0.5, 0.6) is 0 Å². The molecule has 0 saturated carbocycles. The van der Waals surface area contributed by atoms with Gasteiger partial charge in [-0.15, -0.1) is 0 Å². The van der Waals surface area contributed by atoms with E-state index >= 15 is 0 Å². The van der Waals surface area contributed by atoms with E-state index < -0.39 is 43.6 Å². The Morgan fingerprint density at radius 2 is 1.09 bits per heavy atom. The standard InChI is InChI=1S/C28H30F2O5/c29-16-24-25(32-17-21-10-4-1-5-11-21)26(33-18-22-12-6-2-7-13-22)27(28(31,20-30)35-24)34-19-23-14-8-3-9-15-23/h1-15,24-27,31H,16-20H2/t24-,25-,26+,27+,28+/m1/s1. The van der Waals surface area contributed by atoms with Gasteiger partial charge in [0.05, 0.1) is 19.8 Å². The topological polar surface area (TPSA) is 57.2 Å². The molecule has 1 N–H and O–H groups in total. The average Bonchev–Trinajstić information content (AvgIpc) is 2.92. The van der Waals surface area contributed by atoms with Crippen LogP contribution >= 0.6 is 0 Å². The van der Waals surface area contributed by atoms with Crippen molar-refractivity contribution < 1.29 is 32.8 Å². The minimum absolute atomic E-state index is 0.0775. The van der Waals surface area contributed by atoms with Gasteiger partial charge in [0.25, 0.3) is 0 Å². The number of benzene rings is 3. The summed E-state index contributed by atoms with van der Waals surface area (Å²) in [7, 11) is 0. The van der Waals surface area contributed by atoms with Gasteiger partial charge in [-0.2, -0.15) is 0 Å². The zero-order valence-electron chi connectivity index (χ0n) is 19.3. The summed E-state index contributed by atoms with van der Waals surface area (Å²) >= 11 is 0. The zero-order chi connectivity index (χ0) is 24.5. The predicted molar refractivity (Wildman–Crippen MR) is 127 cm³/mol. The molecule has 0 radical (unpaired) electrons. The highest BCUT2D eigenvalue weighted by Gasteiger charge is 2.56. The van der Waals surface area contributed by atoms with Crippen LogP contribution in [0.2, 0.25) is 0 Å². The molecule has 4 rings (SSSR count). The van der Waals surface area contributed by atoms with Crippen molar-refractivity contribution in [1.29, 1.82) is 0 Å². The van der Waals surface area contributed by atoms with Crippen LogP contribution in [0, 0.1) is 0 Å². The van der Waals surface area contributed by atoms with Gasteiger partial charge < -0.3 is 24.1 Å². The van der Waals surface area contributed by atoms with Gasteiger partial charge in [0.1, 0.15) is 37.8 Å². The summed E-state index contributed by atoms with van der Waals surface area (Å²) in [5.41, 5.74) is 2.56. The maximum absolute atomic E-state index is 14.2. The second-order valence-electron chi connectivity index (χ2n) is 8.53. The van der Waals surface area contributed by atoms with E-state index in [0.29, 0.717) is 0 Å². The first-order chi connectivity index (χ1) is 17.1. The summed E-state index contributed by atoms with van der Waals surface area (Å²) in [6.07, 6.45) is -4.45. The lowest BCUT2D eigenvalue weighted by atomic mass is 9.92. The molecule has 1 saturated heterocycles. The van der Waals surface area contributed by atoms with Crippen LogP contribution in [0.4, 0.5) is 8.78 Å². The van der Waals surface area contributed by atoms with Gasteiger partial charge in [0, 0.05) is 0 Å². The third kappa shape index (κ3) is 6.51. The van der Waals surface area contributed by atoms with Gasteiger partial charge in [-0.25, -0.2) is 8.78 Å². The fourth-order valence-corrected chi connectivity index (χ4v) is 4.17. The van der Waals surface area contributed by atoms with Crippen LogP contribution in [-0.4, -0.2) is 48.7 Å². The van der Waals surface area contributed by atoms with Crippen molar-refractivity contribution in [3.63, 3.8) is 0 Å². The quantitative estimate of drug-likeness (QED) is 0.425. The molecule has 3 aromatic carbocycles. The Balaban J connectivity index is 1.61. The molecule has 3 aromatic rings. The third-order valence-electron chi connectivity index (χ3n) is 5.98. The van der Waals surface area contributed by atoms with Crippen LogP contribution in [0.25, 0.3) is 0 Å². The summed E-state index contributed by atoms with van der Waals surface area (Å²) in [6, 6.07) is 28.1. The molecule has 5 nitrogen and oxygen atoms in total. The molecule has 186 valence electrons. The zero-order valence-corrected chi connectivity index (χ0v) is 19.3. The fraction of sp³-hybridized carbons (Fsp3) is 0.357. The van der Waals surface area contributed by atoms with Crippen molar-refractivity contribution in [2.75, 3.05) is 13.3 Å². The average molecular weight is 485 g/mol. The van der Waals surface area contributed by atoms with Gasteiger partial charge in [-0.1, -0.05) is 91.0 Å². The van der Waals surface area contributed by atoms with Gasteiger partial charge in [0.15, 0.2) is 0 Å². The first kappa shape index (κ1) is 25.4. The highest BCUT2D eigenvalue weighted by atomic mass is 19.1. The smallest absolute Gasteiger partial charge is 0.224 e. The molecule has 0 amide bonds. The Hall–Kier alpha value is -2.68. The molecule has 1 heterocycles. The Morgan fingerprint density at radius 1 is 0.657 bits per heavy atom. The van der Waals surface area contributed by atoms with Crippen molar-refractivity contribution in [2.24, 2.45) is 0 Å². The Morgan fingerprint density at radius 3 is 1.51 bits per heavy atom. The lowest BCUT2D eigenvalue weighted by Gasteiger charge is -2.48. The van der Waals surface area contributed by atoms with Crippen LogP contribution in [0.1, 0.15) is 16.7 Å². The van der Waals surface area contributed by atoms with Gasteiger partial charge in [0.2, 0.25) is 5.79 Å². The van der Waals surface area contributed by atoms with Crippen molar-refractivity contribution in [2.45, 2.75) is 50.0 Å². The highest BCUT2D eigenvalue weighted by molar-refractivity contribution is 5.16. The Labute approximate surface area is 204 Å². The van der Waals surface area contributed by atoms with Gasteiger partial charge in [-0.3, -0.25) is 0 Å². The predicted octanol–water partition coefficient (Wildman–Crippen LogP) is 4.77. The van der Waals surface area contributed by atoms with Crippen molar-refractivity contribution in [3.05, 3.63) is 108 Å². The van der Waals surface area contributed by atoms with E-state index in [4.69, 9.17) is 18.9 Å². The number of halogens is 2. The Kier molecular flexibility index (Phi) is 8.95. The largest absolute Gasteiger partial charge is 0.368 e. The van der Waals surface area contributed by atoms with Crippen molar-refractivity contribution >= 4 is 0 Å². The van der Waals surface area contributed by atoms with Crippen molar-refractivity contribution in [1.82, 2.24) is 0 Å². The van der Waals surface area contributed by atoms with E-state index in [1.807, 2.05) is 91.0 Å². The molecule has 1 aliphatic rings. The lowest BCUT2D eigenvalue weighted by molar-refractivity contribution is -0.370. The molecule has 35 heavy (non-hydrogen) atoms. The van der Waals surface area contributed by atoms with Gasteiger partial charge >= 0.3 is 0 Å². The number of rotatable bonds is 11. The minimum Gasteiger partial charge on any atom is -0.368 e. The molecule has 0 unspecified atom stereocenters. The first-order valence-electron chi connectivity index (χ1n) is 11.6. The molecule has 0 bridgehead atoms. The summed E-state index contributed by atoms with van der Waals surface area (Å²) in [6.45, 7) is -1.90. The summed E-state index contributed by atoms with van der Waals surface area (Å²) in [5, 5.41) is 11.1. The normalized spacial score (nSPS) is 26.5. The molecule has 0 aromatic heterocycles. The van der Waals surface area contributed by atoms with Crippen LogP contribution < -0.4 is 0 Å². The van der Waals surface area contributed by atoms with E-state index in [0.717, 1.165) is 16.7 Å². The second-order valence-corrected chi connectivity index (χ2v) is 8.53. The molecule has 1 fully saturated rings. The van der Waals surface area contributed by atoms with Crippen LogP contribution in [-0.2, 0) is 38.8 Å². The fourth-order valence-electron chi connectivity index (χ4n) is 4.17. The molecule has 0 spiro atoms. The van der Waals surface area contributed by atoms with E-state index in [1.165, 1.54) is 0 Å².